The molecule has 0 unspecified atom stereocenters. The third-order valence-corrected chi connectivity index (χ3v) is 4.31. The molecule has 0 fully saturated rings. The lowest BCUT2D eigenvalue weighted by molar-refractivity contribution is -0.118. The van der Waals surface area contributed by atoms with Crippen molar-refractivity contribution in [3.63, 3.8) is 0 Å². The van der Waals surface area contributed by atoms with Crippen LogP contribution in [0.4, 0.5) is 5.82 Å². The van der Waals surface area contributed by atoms with Gasteiger partial charge in [-0.05, 0) is 29.7 Å². The first kappa shape index (κ1) is 18.7. The Kier molecular flexibility index (Phi) is 5.88. The maximum atomic E-state index is 12.8. The molecule has 0 saturated carbocycles. The Labute approximate surface area is 161 Å². The Bertz CT molecular complexity index is 985. The predicted molar refractivity (Wildman–Crippen MR) is 107 cm³/mol. The molecule has 0 radical (unpaired) electrons. The molecule has 6 nitrogen and oxygen atoms in total. The number of nitrogens with two attached hydrogens (primary N) is 1. The van der Waals surface area contributed by atoms with Gasteiger partial charge in [-0.25, -0.2) is 4.98 Å². The van der Waals surface area contributed by atoms with Crippen LogP contribution >= 0.6 is 11.6 Å². The van der Waals surface area contributed by atoms with Crippen molar-refractivity contribution in [2.45, 2.75) is 13.0 Å². The van der Waals surface area contributed by atoms with E-state index >= 15 is 0 Å². The average molecular weight is 383 g/mol. The van der Waals surface area contributed by atoms with E-state index in [4.69, 9.17) is 17.3 Å². The van der Waals surface area contributed by atoms with Crippen LogP contribution in [0.1, 0.15) is 5.56 Å². The van der Waals surface area contributed by atoms with Crippen molar-refractivity contribution < 1.29 is 4.79 Å². The molecule has 3 N–H and O–H groups in total. The highest BCUT2D eigenvalue weighted by Crippen LogP contribution is 2.20. The normalized spacial score (nSPS) is 10.6. The van der Waals surface area contributed by atoms with Gasteiger partial charge in [0.05, 0.1) is 11.9 Å². The van der Waals surface area contributed by atoms with E-state index in [1.54, 1.807) is 30.5 Å². The molecule has 0 spiro atoms. The van der Waals surface area contributed by atoms with E-state index in [1.807, 2.05) is 30.3 Å². The lowest BCUT2D eigenvalue weighted by Gasteiger charge is -2.14. The summed E-state index contributed by atoms with van der Waals surface area (Å²) >= 11 is 5.92. The highest BCUT2D eigenvalue weighted by molar-refractivity contribution is 6.30. The molecule has 138 valence electrons. The number of aromatic nitrogens is 2. The number of hydrogen-bond acceptors (Lipinski definition) is 4. The van der Waals surface area contributed by atoms with Crippen LogP contribution in [0.5, 0.6) is 0 Å². The Morgan fingerprint density at radius 1 is 1.11 bits per heavy atom. The Morgan fingerprint density at radius 2 is 1.81 bits per heavy atom. The summed E-state index contributed by atoms with van der Waals surface area (Å²) in [4.78, 5) is 28.5. The second-order valence-corrected chi connectivity index (χ2v) is 6.46. The summed E-state index contributed by atoms with van der Waals surface area (Å²) in [5.41, 5.74) is 7.32. The number of benzene rings is 2. The van der Waals surface area contributed by atoms with Gasteiger partial charge in [-0.3, -0.25) is 14.2 Å². The van der Waals surface area contributed by atoms with Gasteiger partial charge in [0, 0.05) is 11.6 Å². The molecule has 0 saturated heterocycles. The molecule has 0 atom stereocenters. The second-order valence-electron chi connectivity index (χ2n) is 6.02. The van der Waals surface area contributed by atoms with Crippen LogP contribution in [0, 0.1) is 0 Å². The van der Waals surface area contributed by atoms with Crippen molar-refractivity contribution in [3.05, 3.63) is 81.7 Å². The van der Waals surface area contributed by atoms with Crippen LogP contribution < -0.4 is 16.6 Å². The van der Waals surface area contributed by atoms with E-state index in [0.29, 0.717) is 17.3 Å². The highest BCUT2D eigenvalue weighted by atomic mass is 35.5. The fourth-order valence-corrected chi connectivity index (χ4v) is 2.87. The quantitative estimate of drug-likeness (QED) is 0.657. The first-order valence-electron chi connectivity index (χ1n) is 8.46. The van der Waals surface area contributed by atoms with Gasteiger partial charge in [0.1, 0.15) is 6.54 Å². The molecule has 0 aliphatic carbocycles. The summed E-state index contributed by atoms with van der Waals surface area (Å²) in [7, 11) is 0. The number of rotatable bonds is 7. The van der Waals surface area contributed by atoms with Crippen molar-refractivity contribution in [2.24, 2.45) is 5.73 Å². The van der Waals surface area contributed by atoms with Gasteiger partial charge >= 0.3 is 0 Å². The first-order valence-corrected chi connectivity index (χ1v) is 8.84. The van der Waals surface area contributed by atoms with Crippen molar-refractivity contribution in [3.8, 4) is 11.3 Å². The smallest absolute Gasteiger partial charge is 0.294 e. The van der Waals surface area contributed by atoms with Crippen LogP contribution in [0.2, 0.25) is 5.02 Å². The lowest BCUT2D eigenvalue weighted by atomic mass is 10.1. The minimum Gasteiger partial charge on any atom is -0.368 e. The van der Waals surface area contributed by atoms with Gasteiger partial charge < -0.3 is 11.1 Å². The average Bonchev–Trinajstić information content (AvgIpc) is 2.66. The first-order chi connectivity index (χ1) is 13.0. The van der Waals surface area contributed by atoms with Crippen molar-refractivity contribution in [1.29, 1.82) is 0 Å². The van der Waals surface area contributed by atoms with Crippen molar-refractivity contribution in [2.75, 3.05) is 11.9 Å². The molecule has 0 aliphatic rings. The second kappa shape index (κ2) is 8.51. The number of amides is 1. The van der Waals surface area contributed by atoms with Gasteiger partial charge in [0.15, 0.2) is 5.82 Å². The standard InChI is InChI=1S/C20H19ClN4O2/c21-16-8-6-15(7-9-16)17-12-24-19(20(27)25(17)13-18(22)26)23-11-10-14-4-2-1-3-5-14/h1-9,12H,10-11,13H2,(H2,22,26)(H,23,24). The van der Waals surface area contributed by atoms with E-state index in [-0.39, 0.29) is 12.4 Å². The Morgan fingerprint density at radius 3 is 2.48 bits per heavy atom. The van der Waals surface area contributed by atoms with E-state index in [9.17, 15) is 9.59 Å². The summed E-state index contributed by atoms with van der Waals surface area (Å²) in [6, 6.07) is 16.9. The molecule has 7 heteroatoms. The molecule has 0 aliphatic heterocycles. The largest absolute Gasteiger partial charge is 0.368 e. The lowest BCUT2D eigenvalue weighted by Crippen LogP contribution is -2.31. The summed E-state index contributed by atoms with van der Waals surface area (Å²) in [5, 5.41) is 3.62. The molecular formula is C20H19ClN4O2. The zero-order valence-corrected chi connectivity index (χ0v) is 15.3. The Balaban J connectivity index is 1.86. The maximum Gasteiger partial charge on any atom is 0.294 e. The molecule has 1 aromatic heterocycles. The third kappa shape index (κ3) is 4.74. The topological polar surface area (TPSA) is 90.0 Å². The number of anilines is 1. The Hall–Kier alpha value is -3.12. The number of nitrogens with zero attached hydrogens (tertiary/aromatic N) is 2. The molecule has 1 heterocycles. The minimum absolute atomic E-state index is 0.185. The predicted octanol–water partition coefficient (Wildman–Crippen LogP) is 2.70. The molecular weight excluding hydrogens is 364 g/mol. The number of halogens is 1. The van der Waals surface area contributed by atoms with Crippen LogP contribution in [0.3, 0.4) is 0 Å². The van der Waals surface area contributed by atoms with Crippen LogP contribution in [-0.2, 0) is 17.8 Å². The van der Waals surface area contributed by atoms with Crippen LogP contribution in [0.25, 0.3) is 11.3 Å². The summed E-state index contributed by atoms with van der Waals surface area (Å²) in [6.07, 6.45) is 2.30. The molecule has 3 rings (SSSR count). The number of carbonyl (C=O) groups excluding carboxylic acids is 1. The number of hydrogen-bond donors (Lipinski definition) is 2. The highest BCUT2D eigenvalue weighted by Gasteiger charge is 2.13. The fraction of sp³-hybridized carbons (Fsp3) is 0.150. The summed E-state index contributed by atoms with van der Waals surface area (Å²) in [6.45, 7) is 0.315. The number of nitrogens with one attached hydrogen (secondary N) is 1. The minimum atomic E-state index is -0.603. The maximum absolute atomic E-state index is 12.8. The zero-order valence-electron chi connectivity index (χ0n) is 14.6. The molecule has 2 aromatic carbocycles. The summed E-state index contributed by atoms with van der Waals surface area (Å²) < 4.78 is 1.32. The van der Waals surface area contributed by atoms with Gasteiger partial charge in [-0.2, -0.15) is 0 Å². The van der Waals surface area contributed by atoms with Crippen molar-refractivity contribution >= 4 is 23.3 Å². The number of primary amides is 1. The third-order valence-electron chi connectivity index (χ3n) is 4.06. The SMILES string of the molecule is NC(=O)Cn1c(-c2ccc(Cl)cc2)cnc(NCCc2ccccc2)c1=O. The molecule has 0 bridgehead atoms. The molecule has 27 heavy (non-hydrogen) atoms. The van der Waals surface area contributed by atoms with Gasteiger partial charge in [-0.15, -0.1) is 0 Å². The van der Waals surface area contributed by atoms with E-state index in [0.717, 1.165) is 17.5 Å². The van der Waals surface area contributed by atoms with E-state index < -0.39 is 11.5 Å². The summed E-state index contributed by atoms with van der Waals surface area (Å²) in [5.74, 6) is -0.418. The van der Waals surface area contributed by atoms with E-state index in [1.165, 1.54) is 4.57 Å². The van der Waals surface area contributed by atoms with Gasteiger partial charge in [0.2, 0.25) is 5.91 Å². The van der Waals surface area contributed by atoms with Crippen LogP contribution in [-0.4, -0.2) is 22.0 Å². The fourth-order valence-electron chi connectivity index (χ4n) is 2.74. The van der Waals surface area contributed by atoms with Crippen LogP contribution in [0.15, 0.2) is 65.6 Å². The van der Waals surface area contributed by atoms with Gasteiger partial charge in [-0.1, -0.05) is 54.1 Å². The monoisotopic (exact) mass is 382 g/mol. The number of carbonyl (C=O) groups is 1. The van der Waals surface area contributed by atoms with Crippen molar-refractivity contribution in [1.82, 2.24) is 9.55 Å². The molecule has 1 amide bonds. The molecule has 3 aromatic rings. The zero-order chi connectivity index (χ0) is 19.2. The van der Waals surface area contributed by atoms with E-state index in [2.05, 4.69) is 10.3 Å². The van der Waals surface area contributed by atoms with Gasteiger partial charge in [0.25, 0.3) is 5.56 Å².